The first-order chi connectivity index (χ1) is 6.75. The van der Waals surface area contributed by atoms with Crippen LogP contribution in [0, 0.1) is 0 Å². The highest BCUT2D eigenvalue weighted by molar-refractivity contribution is 5.76. The van der Waals surface area contributed by atoms with Gasteiger partial charge in [0.25, 0.3) is 0 Å². The van der Waals surface area contributed by atoms with Crippen molar-refractivity contribution in [2.24, 2.45) is 0 Å². The van der Waals surface area contributed by atoms with Crippen molar-refractivity contribution in [1.82, 2.24) is 10.2 Å². The highest BCUT2D eigenvalue weighted by Crippen LogP contribution is 2.06. The molecule has 1 heterocycles. The Labute approximate surface area is 85.6 Å². The van der Waals surface area contributed by atoms with E-state index in [0.29, 0.717) is 19.1 Å². The van der Waals surface area contributed by atoms with Crippen LogP contribution in [0.4, 0.5) is 0 Å². The van der Waals surface area contributed by atoms with Crippen LogP contribution in [0.25, 0.3) is 0 Å². The van der Waals surface area contributed by atoms with Gasteiger partial charge in [0.05, 0.1) is 0 Å². The van der Waals surface area contributed by atoms with Crippen molar-refractivity contribution in [3.63, 3.8) is 0 Å². The van der Waals surface area contributed by atoms with E-state index in [1.54, 1.807) is 7.11 Å². The maximum atomic E-state index is 11.7. The van der Waals surface area contributed by atoms with Crippen LogP contribution in [0.2, 0.25) is 0 Å². The Morgan fingerprint density at radius 1 is 1.64 bits per heavy atom. The minimum Gasteiger partial charge on any atom is -0.385 e. The third kappa shape index (κ3) is 3.27. The van der Waals surface area contributed by atoms with Gasteiger partial charge in [0, 0.05) is 45.8 Å². The Kier molecular flexibility index (Phi) is 4.90. The first kappa shape index (κ1) is 11.5. The highest BCUT2D eigenvalue weighted by atomic mass is 16.5. The van der Waals surface area contributed by atoms with E-state index in [0.717, 1.165) is 26.1 Å². The standard InChI is InChI=1S/C10H20N2O2/c1-9-8-11-5-6-12(9)10(13)4-3-7-14-2/h9,11H,3-8H2,1-2H3/t9-/m0/s1. The number of hydrogen-bond donors (Lipinski definition) is 1. The van der Waals surface area contributed by atoms with Crippen molar-refractivity contribution in [2.45, 2.75) is 25.8 Å². The Morgan fingerprint density at radius 3 is 3.07 bits per heavy atom. The Hall–Kier alpha value is -0.610. The first-order valence-corrected chi connectivity index (χ1v) is 5.25. The molecule has 0 aromatic heterocycles. The summed E-state index contributed by atoms with van der Waals surface area (Å²) in [4.78, 5) is 13.7. The zero-order chi connectivity index (χ0) is 10.4. The molecular formula is C10H20N2O2. The molecule has 1 aliphatic heterocycles. The molecule has 1 amide bonds. The fourth-order valence-electron chi connectivity index (χ4n) is 1.72. The van der Waals surface area contributed by atoms with E-state index in [9.17, 15) is 4.79 Å². The molecule has 0 radical (unpaired) electrons. The number of hydrogen-bond acceptors (Lipinski definition) is 3. The van der Waals surface area contributed by atoms with Gasteiger partial charge < -0.3 is 15.0 Å². The van der Waals surface area contributed by atoms with Gasteiger partial charge in [-0.2, -0.15) is 0 Å². The smallest absolute Gasteiger partial charge is 0.222 e. The molecule has 0 aromatic rings. The second kappa shape index (κ2) is 5.98. The average Bonchev–Trinajstić information content (AvgIpc) is 2.18. The van der Waals surface area contributed by atoms with Crippen molar-refractivity contribution >= 4 is 5.91 Å². The fraction of sp³-hybridized carbons (Fsp3) is 0.900. The molecule has 0 aliphatic carbocycles. The molecule has 0 spiro atoms. The predicted molar refractivity (Wildman–Crippen MR) is 55.2 cm³/mol. The van der Waals surface area contributed by atoms with Gasteiger partial charge in [-0.25, -0.2) is 0 Å². The van der Waals surface area contributed by atoms with E-state index in [-0.39, 0.29) is 5.91 Å². The van der Waals surface area contributed by atoms with Gasteiger partial charge in [-0.05, 0) is 13.3 Å². The Bertz CT molecular complexity index is 185. The molecule has 1 rings (SSSR count). The summed E-state index contributed by atoms with van der Waals surface area (Å²) in [5.74, 6) is 0.260. The summed E-state index contributed by atoms with van der Waals surface area (Å²) in [6.45, 7) is 5.43. The summed E-state index contributed by atoms with van der Waals surface area (Å²) >= 11 is 0. The van der Waals surface area contributed by atoms with E-state index in [2.05, 4.69) is 12.2 Å². The minimum absolute atomic E-state index is 0.260. The average molecular weight is 200 g/mol. The van der Waals surface area contributed by atoms with Gasteiger partial charge in [-0.15, -0.1) is 0 Å². The lowest BCUT2D eigenvalue weighted by Crippen LogP contribution is -2.52. The van der Waals surface area contributed by atoms with Crippen molar-refractivity contribution in [2.75, 3.05) is 33.4 Å². The van der Waals surface area contributed by atoms with Crippen LogP contribution in [0.15, 0.2) is 0 Å². The molecule has 1 atom stereocenters. The fourth-order valence-corrected chi connectivity index (χ4v) is 1.72. The second-order valence-corrected chi connectivity index (χ2v) is 3.74. The lowest BCUT2D eigenvalue weighted by atomic mass is 10.2. The van der Waals surface area contributed by atoms with Gasteiger partial charge in [-0.3, -0.25) is 4.79 Å². The van der Waals surface area contributed by atoms with Crippen LogP contribution in [-0.2, 0) is 9.53 Å². The number of carbonyl (C=O) groups is 1. The minimum atomic E-state index is 0.260. The van der Waals surface area contributed by atoms with Gasteiger partial charge in [0.1, 0.15) is 0 Å². The summed E-state index contributed by atoms with van der Waals surface area (Å²) < 4.78 is 4.92. The van der Waals surface area contributed by atoms with Gasteiger partial charge in [0.15, 0.2) is 0 Å². The number of piperazine rings is 1. The summed E-state index contributed by atoms with van der Waals surface area (Å²) in [6, 6.07) is 0.332. The molecule has 0 bridgehead atoms. The van der Waals surface area contributed by atoms with Gasteiger partial charge >= 0.3 is 0 Å². The molecular weight excluding hydrogens is 180 g/mol. The van der Waals surface area contributed by atoms with Crippen molar-refractivity contribution in [3.8, 4) is 0 Å². The molecule has 14 heavy (non-hydrogen) atoms. The molecule has 0 aromatic carbocycles. The number of rotatable bonds is 4. The molecule has 1 saturated heterocycles. The number of nitrogens with one attached hydrogen (secondary N) is 1. The van der Waals surface area contributed by atoms with E-state index < -0.39 is 0 Å². The maximum Gasteiger partial charge on any atom is 0.222 e. The van der Waals surface area contributed by atoms with E-state index in [4.69, 9.17) is 4.74 Å². The molecule has 1 N–H and O–H groups in total. The number of carbonyl (C=O) groups excluding carboxylic acids is 1. The predicted octanol–water partition coefficient (Wildman–Crippen LogP) is 0.233. The highest BCUT2D eigenvalue weighted by Gasteiger charge is 2.21. The Morgan fingerprint density at radius 2 is 2.43 bits per heavy atom. The Balaban J connectivity index is 2.27. The molecule has 4 heteroatoms. The second-order valence-electron chi connectivity index (χ2n) is 3.74. The van der Waals surface area contributed by atoms with Gasteiger partial charge in [0.2, 0.25) is 5.91 Å². The maximum absolute atomic E-state index is 11.7. The van der Waals surface area contributed by atoms with Crippen LogP contribution < -0.4 is 5.32 Å². The summed E-state index contributed by atoms with van der Waals surface area (Å²) in [6.07, 6.45) is 1.43. The number of nitrogens with zero attached hydrogens (tertiary/aromatic N) is 1. The first-order valence-electron chi connectivity index (χ1n) is 5.25. The van der Waals surface area contributed by atoms with Crippen LogP contribution in [0.1, 0.15) is 19.8 Å². The largest absolute Gasteiger partial charge is 0.385 e. The molecule has 1 aliphatic rings. The SMILES string of the molecule is COCCCC(=O)N1CCNC[C@@H]1C. The molecule has 4 nitrogen and oxygen atoms in total. The number of amides is 1. The number of methoxy groups -OCH3 is 1. The van der Waals surface area contributed by atoms with Crippen LogP contribution in [0.3, 0.4) is 0 Å². The van der Waals surface area contributed by atoms with E-state index in [1.807, 2.05) is 4.90 Å². The lowest BCUT2D eigenvalue weighted by molar-refractivity contribution is -0.134. The quantitative estimate of drug-likeness (QED) is 0.661. The third-order valence-electron chi connectivity index (χ3n) is 2.56. The molecule has 1 fully saturated rings. The third-order valence-corrected chi connectivity index (χ3v) is 2.56. The lowest BCUT2D eigenvalue weighted by Gasteiger charge is -2.34. The van der Waals surface area contributed by atoms with E-state index >= 15 is 0 Å². The van der Waals surface area contributed by atoms with E-state index in [1.165, 1.54) is 0 Å². The summed E-state index contributed by atoms with van der Waals surface area (Å²) in [5, 5.41) is 3.27. The van der Waals surface area contributed by atoms with Crippen LogP contribution >= 0.6 is 0 Å². The van der Waals surface area contributed by atoms with Crippen molar-refractivity contribution in [3.05, 3.63) is 0 Å². The van der Waals surface area contributed by atoms with Gasteiger partial charge in [-0.1, -0.05) is 0 Å². The monoisotopic (exact) mass is 200 g/mol. The topological polar surface area (TPSA) is 41.6 Å². The summed E-state index contributed by atoms with van der Waals surface area (Å²) in [5.41, 5.74) is 0. The van der Waals surface area contributed by atoms with Crippen molar-refractivity contribution < 1.29 is 9.53 Å². The molecule has 0 unspecified atom stereocenters. The zero-order valence-electron chi connectivity index (χ0n) is 9.08. The summed E-state index contributed by atoms with van der Waals surface area (Å²) in [7, 11) is 1.66. The van der Waals surface area contributed by atoms with Crippen molar-refractivity contribution in [1.29, 1.82) is 0 Å². The van der Waals surface area contributed by atoms with Crippen LogP contribution in [0.5, 0.6) is 0 Å². The molecule has 82 valence electrons. The number of ether oxygens (including phenoxy) is 1. The normalized spacial score (nSPS) is 22.4. The molecule has 0 saturated carbocycles. The zero-order valence-corrected chi connectivity index (χ0v) is 9.08. The van der Waals surface area contributed by atoms with Crippen LogP contribution in [-0.4, -0.2) is 50.2 Å².